The Morgan fingerprint density at radius 2 is 1.77 bits per heavy atom. The SMILES string of the molecule is O=C(c1cccc(N2CCOCC2)c1)N1CCN(c2cnccn2)CC1. The van der Waals surface area contributed by atoms with Crippen molar-refractivity contribution < 1.29 is 9.53 Å². The second kappa shape index (κ2) is 7.70. The summed E-state index contributed by atoms with van der Waals surface area (Å²) in [6, 6.07) is 7.94. The third-order valence-electron chi connectivity index (χ3n) is 4.91. The van der Waals surface area contributed by atoms with E-state index in [9.17, 15) is 4.79 Å². The zero-order valence-electron chi connectivity index (χ0n) is 14.8. The number of piperazine rings is 1. The lowest BCUT2D eigenvalue weighted by Gasteiger charge is -2.35. The van der Waals surface area contributed by atoms with Crippen LogP contribution >= 0.6 is 0 Å². The van der Waals surface area contributed by atoms with E-state index in [0.717, 1.165) is 56.5 Å². The van der Waals surface area contributed by atoms with Gasteiger partial charge < -0.3 is 19.4 Å². The summed E-state index contributed by atoms with van der Waals surface area (Å²) in [6.45, 7) is 6.14. The van der Waals surface area contributed by atoms with Gasteiger partial charge in [0.1, 0.15) is 5.82 Å². The van der Waals surface area contributed by atoms with Crippen LogP contribution in [-0.4, -0.2) is 73.3 Å². The van der Waals surface area contributed by atoms with Crippen molar-refractivity contribution in [2.45, 2.75) is 0 Å². The molecule has 0 spiro atoms. The van der Waals surface area contributed by atoms with Gasteiger partial charge in [0.15, 0.2) is 0 Å². The molecule has 7 nitrogen and oxygen atoms in total. The Kier molecular flexibility index (Phi) is 4.97. The molecular weight excluding hydrogens is 330 g/mol. The van der Waals surface area contributed by atoms with Gasteiger partial charge in [-0.25, -0.2) is 4.98 Å². The Morgan fingerprint density at radius 3 is 2.50 bits per heavy atom. The molecule has 1 amide bonds. The van der Waals surface area contributed by atoms with E-state index in [-0.39, 0.29) is 5.91 Å². The van der Waals surface area contributed by atoms with Gasteiger partial charge in [-0.3, -0.25) is 9.78 Å². The summed E-state index contributed by atoms with van der Waals surface area (Å²) in [5, 5.41) is 0. The summed E-state index contributed by atoms with van der Waals surface area (Å²) >= 11 is 0. The third-order valence-corrected chi connectivity index (χ3v) is 4.91. The quantitative estimate of drug-likeness (QED) is 0.828. The molecule has 2 aliphatic heterocycles. The molecule has 0 aliphatic carbocycles. The first-order valence-corrected chi connectivity index (χ1v) is 9.04. The minimum absolute atomic E-state index is 0.0962. The van der Waals surface area contributed by atoms with Crippen LogP contribution in [0, 0.1) is 0 Å². The smallest absolute Gasteiger partial charge is 0.254 e. The van der Waals surface area contributed by atoms with E-state index in [1.54, 1.807) is 18.6 Å². The maximum Gasteiger partial charge on any atom is 0.254 e. The number of nitrogens with zero attached hydrogens (tertiary/aromatic N) is 5. The fourth-order valence-corrected chi connectivity index (χ4v) is 3.43. The molecule has 0 atom stereocenters. The molecule has 0 N–H and O–H groups in total. The molecular formula is C19H23N5O2. The van der Waals surface area contributed by atoms with E-state index in [0.29, 0.717) is 13.1 Å². The predicted octanol–water partition coefficient (Wildman–Crippen LogP) is 1.28. The van der Waals surface area contributed by atoms with Gasteiger partial charge in [0.2, 0.25) is 0 Å². The largest absolute Gasteiger partial charge is 0.378 e. The number of rotatable bonds is 3. The summed E-state index contributed by atoms with van der Waals surface area (Å²) in [5.41, 5.74) is 1.85. The van der Waals surface area contributed by atoms with Crippen LogP contribution in [-0.2, 0) is 4.74 Å². The van der Waals surface area contributed by atoms with Crippen LogP contribution in [0.4, 0.5) is 11.5 Å². The number of carbonyl (C=O) groups excluding carboxylic acids is 1. The number of ether oxygens (including phenoxy) is 1. The number of morpholine rings is 1. The van der Waals surface area contributed by atoms with Crippen molar-refractivity contribution in [3.8, 4) is 0 Å². The summed E-state index contributed by atoms with van der Waals surface area (Å²) in [5.74, 6) is 0.966. The lowest BCUT2D eigenvalue weighted by atomic mass is 10.1. The van der Waals surface area contributed by atoms with Crippen molar-refractivity contribution in [3.63, 3.8) is 0 Å². The third kappa shape index (κ3) is 3.62. The van der Waals surface area contributed by atoms with Gasteiger partial charge >= 0.3 is 0 Å². The molecule has 26 heavy (non-hydrogen) atoms. The topological polar surface area (TPSA) is 61.8 Å². The lowest BCUT2D eigenvalue weighted by Crippen LogP contribution is -2.49. The molecule has 7 heteroatoms. The van der Waals surface area contributed by atoms with E-state index in [2.05, 4.69) is 25.8 Å². The van der Waals surface area contributed by atoms with Gasteiger partial charge in [0.05, 0.1) is 19.4 Å². The van der Waals surface area contributed by atoms with Gasteiger partial charge in [-0.2, -0.15) is 0 Å². The van der Waals surface area contributed by atoms with Gasteiger partial charge in [0, 0.05) is 62.9 Å². The highest BCUT2D eigenvalue weighted by Gasteiger charge is 2.23. The lowest BCUT2D eigenvalue weighted by molar-refractivity contribution is 0.0746. The maximum absolute atomic E-state index is 12.9. The number of hydrogen-bond donors (Lipinski definition) is 0. The fourth-order valence-electron chi connectivity index (χ4n) is 3.43. The van der Waals surface area contributed by atoms with Gasteiger partial charge in [-0.1, -0.05) is 6.07 Å². The first-order chi connectivity index (χ1) is 12.8. The zero-order valence-corrected chi connectivity index (χ0v) is 14.8. The number of anilines is 2. The Hall–Kier alpha value is -2.67. The minimum atomic E-state index is 0.0962. The second-order valence-electron chi connectivity index (χ2n) is 6.49. The molecule has 0 radical (unpaired) electrons. The molecule has 2 saturated heterocycles. The summed E-state index contributed by atoms with van der Waals surface area (Å²) in [6.07, 6.45) is 5.14. The highest BCUT2D eigenvalue weighted by molar-refractivity contribution is 5.95. The Labute approximate surface area is 153 Å². The van der Waals surface area contributed by atoms with Crippen LogP contribution in [0.2, 0.25) is 0 Å². The molecule has 2 fully saturated rings. The molecule has 136 valence electrons. The number of aromatic nitrogens is 2. The molecule has 0 bridgehead atoms. The van der Waals surface area contributed by atoms with Crippen molar-refractivity contribution >= 4 is 17.4 Å². The zero-order chi connectivity index (χ0) is 17.8. The number of amides is 1. The highest BCUT2D eigenvalue weighted by Crippen LogP contribution is 2.20. The van der Waals surface area contributed by atoms with Crippen LogP contribution in [0.15, 0.2) is 42.9 Å². The number of carbonyl (C=O) groups is 1. The standard InChI is InChI=1S/C19H23N5O2/c25-19(16-2-1-3-17(14-16)22-10-12-26-13-11-22)24-8-6-23(7-9-24)18-15-20-4-5-21-18/h1-5,14-15H,6-13H2. The van der Waals surface area contributed by atoms with Crippen molar-refractivity contribution in [1.29, 1.82) is 0 Å². The van der Waals surface area contributed by atoms with E-state index >= 15 is 0 Å². The Bertz CT molecular complexity index is 741. The van der Waals surface area contributed by atoms with Gasteiger partial charge in [-0.05, 0) is 18.2 Å². The molecule has 2 aliphatic rings. The van der Waals surface area contributed by atoms with Crippen LogP contribution in [0.1, 0.15) is 10.4 Å². The maximum atomic E-state index is 12.9. The van der Waals surface area contributed by atoms with Crippen LogP contribution < -0.4 is 9.80 Å². The van der Waals surface area contributed by atoms with E-state index in [1.165, 1.54) is 0 Å². The van der Waals surface area contributed by atoms with Crippen LogP contribution in [0.5, 0.6) is 0 Å². The average Bonchev–Trinajstić information content (AvgIpc) is 2.75. The molecule has 2 aromatic rings. The first kappa shape index (κ1) is 16.8. The summed E-state index contributed by atoms with van der Waals surface area (Å²) < 4.78 is 5.41. The molecule has 0 unspecified atom stereocenters. The van der Waals surface area contributed by atoms with Crippen molar-refractivity contribution in [2.24, 2.45) is 0 Å². The monoisotopic (exact) mass is 353 g/mol. The predicted molar refractivity (Wildman–Crippen MR) is 99.6 cm³/mol. The summed E-state index contributed by atoms with van der Waals surface area (Å²) in [7, 11) is 0. The van der Waals surface area contributed by atoms with E-state index < -0.39 is 0 Å². The molecule has 3 heterocycles. The molecule has 0 saturated carbocycles. The normalized spacial score (nSPS) is 18.1. The number of benzene rings is 1. The fraction of sp³-hybridized carbons (Fsp3) is 0.421. The Balaban J connectivity index is 1.40. The number of hydrogen-bond acceptors (Lipinski definition) is 6. The Morgan fingerprint density at radius 1 is 0.962 bits per heavy atom. The molecule has 1 aromatic heterocycles. The van der Waals surface area contributed by atoms with Gasteiger partial charge in [0.25, 0.3) is 5.91 Å². The van der Waals surface area contributed by atoms with Crippen molar-refractivity contribution in [3.05, 3.63) is 48.4 Å². The first-order valence-electron chi connectivity index (χ1n) is 9.04. The molecule has 1 aromatic carbocycles. The average molecular weight is 353 g/mol. The molecule has 4 rings (SSSR count). The van der Waals surface area contributed by atoms with Crippen molar-refractivity contribution in [1.82, 2.24) is 14.9 Å². The second-order valence-corrected chi connectivity index (χ2v) is 6.49. The van der Waals surface area contributed by atoms with E-state index in [1.807, 2.05) is 23.1 Å². The summed E-state index contributed by atoms with van der Waals surface area (Å²) in [4.78, 5) is 27.7. The van der Waals surface area contributed by atoms with E-state index in [4.69, 9.17) is 4.74 Å². The minimum Gasteiger partial charge on any atom is -0.378 e. The highest BCUT2D eigenvalue weighted by atomic mass is 16.5. The van der Waals surface area contributed by atoms with Crippen molar-refractivity contribution in [2.75, 3.05) is 62.3 Å². The van der Waals surface area contributed by atoms with Crippen LogP contribution in [0.25, 0.3) is 0 Å². The van der Waals surface area contributed by atoms with Crippen LogP contribution in [0.3, 0.4) is 0 Å². The van der Waals surface area contributed by atoms with Gasteiger partial charge in [-0.15, -0.1) is 0 Å².